The summed E-state index contributed by atoms with van der Waals surface area (Å²) >= 11 is 0. The first-order valence-corrected chi connectivity index (χ1v) is 13.5. The number of carboxylic acids is 1. The summed E-state index contributed by atoms with van der Waals surface area (Å²) < 4.78 is 27.3. The molecular formula is C29H30O17. The minimum atomic E-state index is -1.98. The maximum Gasteiger partial charge on any atom is 0.308 e. The SMILES string of the molecule is CC(=O)O[C@H]1[C@H](Oc2c(-c3ccc(O)c(O)c3)oc3cc(O)cc(O)c3c2=O)O[C@H](COC(=O)CC(C)(O)CC(=O)O)[C@@H](O)[C@@H]1O. The molecule has 8 N–H and O–H groups in total. The molecule has 0 radical (unpaired) electrons. The van der Waals surface area contributed by atoms with E-state index in [1.807, 2.05) is 0 Å². The number of hydrogen-bond donors (Lipinski definition) is 8. The maximum atomic E-state index is 13.7. The van der Waals surface area contributed by atoms with Crippen LogP contribution in [-0.2, 0) is 28.6 Å². The van der Waals surface area contributed by atoms with E-state index < -0.39 is 119 Å². The fourth-order valence-electron chi connectivity index (χ4n) is 4.73. The number of aromatic hydroxyl groups is 4. The second-order valence-corrected chi connectivity index (χ2v) is 10.8. The molecule has 0 saturated carbocycles. The highest BCUT2D eigenvalue weighted by Crippen LogP contribution is 2.39. The lowest BCUT2D eigenvalue weighted by atomic mass is 9.98. The van der Waals surface area contributed by atoms with Crippen molar-refractivity contribution in [3.63, 3.8) is 0 Å². The van der Waals surface area contributed by atoms with Crippen LogP contribution in [0.4, 0.5) is 0 Å². The van der Waals surface area contributed by atoms with Gasteiger partial charge >= 0.3 is 17.9 Å². The number of aliphatic hydroxyl groups excluding tert-OH is 2. The first-order chi connectivity index (χ1) is 21.5. The summed E-state index contributed by atoms with van der Waals surface area (Å²) in [4.78, 5) is 48.9. The lowest BCUT2D eigenvalue weighted by Crippen LogP contribution is -2.61. The Labute approximate surface area is 258 Å². The van der Waals surface area contributed by atoms with E-state index >= 15 is 0 Å². The molecule has 1 saturated heterocycles. The van der Waals surface area contributed by atoms with Crippen molar-refractivity contribution in [2.45, 2.75) is 63.0 Å². The number of hydrogen-bond acceptors (Lipinski definition) is 16. The summed E-state index contributed by atoms with van der Waals surface area (Å²) in [6, 6.07) is 5.09. The smallest absolute Gasteiger partial charge is 0.308 e. The molecule has 0 bridgehead atoms. The summed E-state index contributed by atoms with van der Waals surface area (Å²) in [6.45, 7) is 1.26. The molecule has 1 aliphatic rings. The summed E-state index contributed by atoms with van der Waals surface area (Å²) in [5.41, 5.74) is -3.47. The van der Waals surface area contributed by atoms with E-state index in [-0.39, 0.29) is 11.1 Å². The number of fused-ring (bicyclic) bond motifs is 1. The van der Waals surface area contributed by atoms with Crippen LogP contribution in [0.1, 0.15) is 26.7 Å². The van der Waals surface area contributed by atoms with E-state index in [1.54, 1.807) is 0 Å². The fraction of sp³-hybridized carbons (Fsp3) is 0.379. The van der Waals surface area contributed by atoms with Crippen LogP contribution < -0.4 is 10.2 Å². The first-order valence-electron chi connectivity index (χ1n) is 13.5. The summed E-state index contributed by atoms with van der Waals surface area (Å²) in [5.74, 6) is -7.03. The van der Waals surface area contributed by atoms with E-state index in [1.165, 1.54) is 6.07 Å². The molecule has 17 nitrogen and oxygen atoms in total. The molecule has 1 unspecified atom stereocenters. The van der Waals surface area contributed by atoms with Gasteiger partial charge in [0.2, 0.25) is 17.5 Å². The van der Waals surface area contributed by atoms with E-state index in [4.69, 9.17) is 28.5 Å². The van der Waals surface area contributed by atoms with Gasteiger partial charge in [-0.15, -0.1) is 0 Å². The molecule has 0 amide bonds. The lowest BCUT2D eigenvalue weighted by molar-refractivity contribution is -0.283. The van der Waals surface area contributed by atoms with Crippen molar-refractivity contribution in [1.29, 1.82) is 0 Å². The van der Waals surface area contributed by atoms with Crippen molar-refractivity contribution in [1.82, 2.24) is 0 Å². The van der Waals surface area contributed by atoms with E-state index in [9.17, 15) is 54.9 Å². The van der Waals surface area contributed by atoms with Crippen molar-refractivity contribution >= 4 is 28.9 Å². The third-order valence-corrected chi connectivity index (χ3v) is 6.80. The van der Waals surface area contributed by atoms with Crippen LogP contribution in [0.25, 0.3) is 22.3 Å². The van der Waals surface area contributed by atoms with Gasteiger partial charge in [-0.05, 0) is 25.1 Å². The molecule has 17 heteroatoms. The normalized spacial score (nSPS) is 22.5. The number of carbonyl (C=O) groups excluding carboxylic acids is 2. The van der Waals surface area contributed by atoms with Crippen molar-refractivity contribution in [2.75, 3.05) is 6.61 Å². The van der Waals surface area contributed by atoms with Crippen LogP contribution >= 0.6 is 0 Å². The number of phenols is 4. The molecule has 3 aromatic rings. The van der Waals surface area contributed by atoms with Crippen LogP contribution in [0.2, 0.25) is 0 Å². The summed E-state index contributed by atoms with van der Waals surface area (Å²) in [6.07, 6.45) is -10.8. The number of esters is 2. The number of phenolic OH excluding ortho intramolecular Hbond substituents is 4. The van der Waals surface area contributed by atoms with Gasteiger partial charge in [-0.1, -0.05) is 0 Å². The highest BCUT2D eigenvalue weighted by Gasteiger charge is 2.49. The quantitative estimate of drug-likeness (QED) is 0.107. The molecule has 6 atom stereocenters. The van der Waals surface area contributed by atoms with Crippen molar-refractivity contribution < 1.29 is 78.6 Å². The van der Waals surface area contributed by atoms with E-state index in [0.29, 0.717) is 0 Å². The Morgan fingerprint density at radius 2 is 1.65 bits per heavy atom. The van der Waals surface area contributed by atoms with Gasteiger partial charge in [0, 0.05) is 24.6 Å². The van der Waals surface area contributed by atoms with Crippen LogP contribution in [0.15, 0.2) is 39.5 Å². The minimum Gasteiger partial charge on any atom is -0.508 e. The minimum absolute atomic E-state index is 0.0774. The van der Waals surface area contributed by atoms with Crippen LogP contribution in [0.5, 0.6) is 28.7 Å². The van der Waals surface area contributed by atoms with Crippen LogP contribution in [0.3, 0.4) is 0 Å². The molecule has 2 aromatic carbocycles. The Morgan fingerprint density at radius 3 is 2.28 bits per heavy atom. The second kappa shape index (κ2) is 13.1. The van der Waals surface area contributed by atoms with Crippen LogP contribution in [0, 0.1) is 0 Å². The summed E-state index contributed by atoms with van der Waals surface area (Å²) in [7, 11) is 0. The maximum absolute atomic E-state index is 13.7. The topological polar surface area (TPSA) is 280 Å². The lowest BCUT2D eigenvalue weighted by Gasteiger charge is -2.41. The molecule has 1 aliphatic heterocycles. The molecule has 1 fully saturated rings. The summed E-state index contributed by atoms with van der Waals surface area (Å²) in [5, 5.41) is 80.3. The standard InChI is InChI=1S/C29H30O17/c1-11(30)43-27-24(40)22(38)18(10-42-20(37)9-29(2,41)8-19(35)36)45-28(27)46-26-23(39)21-16(34)6-13(31)7-17(21)44-25(26)12-3-4-14(32)15(33)5-12/h3-7,18,22,24,27-28,31-34,38,40-41H,8-10H2,1-2H3,(H,35,36)/t18-,22-,24+,27-,28+,29?/m1/s1. The number of aliphatic hydroxyl groups is 3. The van der Waals surface area contributed by atoms with Crippen molar-refractivity contribution in [3.05, 3.63) is 40.6 Å². The molecule has 4 rings (SSSR count). The third kappa shape index (κ3) is 7.40. The van der Waals surface area contributed by atoms with Gasteiger partial charge in [-0.2, -0.15) is 0 Å². The number of carboxylic acid groups (broad SMARTS) is 1. The van der Waals surface area contributed by atoms with Gasteiger partial charge in [0.15, 0.2) is 23.4 Å². The molecular weight excluding hydrogens is 620 g/mol. The van der Waals surface area contributed by atoms with Crippen LogP contribution in [-0.4, -0.2) is 102 Å². The average molecular weight is 651 g/mol. The Bertz CT molecular complexity index is 1710. The Kier molecular flexibility index (Phi) is 9.62. The average Bonchev–Trinajstić information content (AvgIpc) is 2.93. The van der Waals surface area contributed by atoms with E-state index in [0.717, 1.165) is 38.1 Å². The highest BCUT2D eigenvalue weighted by molar-refractivity contribution is 5.88. The Balaban J connectivity index is 1.74. The monoisotopic (exact) mass is 650 g/mol. The van der Waals surface area contributed by atoms with Gasteiger partial charge < -0.3 is 64.2 Å². The number of benzene rings is 2. The third-order valence-electron chi connectivity index (χ3n) is 6.80. The predicted octanol–water partition coefficient (Wildman–Crippen LogP) is 0.199. The molecule has 2 heterocycles. The largest absolute Gasteiger partial charge is 0.508 e. The molecule has 1 aromatic heterocycles. The fourth-order valence-corrected chi connectivity index (χ4v) is 4.73. The Morgan fingerprint density at radius 1 is 0.957 bits per heavy atom. The van der Waals surface area contributed by atoms with Gasteiger partial charge in [0.1, 0.15) is 47.4 Å². The van der Waals surface area contributed by atoms with Gasteiger partial charge in [0.25, 0.3) is 0 Å². The molecule has 0 aliphatic carbocycles. The molecule has 248 valence electrons. The Hall–Kier alpha value is -5.10. The van der Waals surface area contributed by atoms with Crippen molar-refractivity contribution in [2.24, 2.45) is 0 Å². The van der Waals surface area contributed by atoms with Crippen molar-refractivity contribution in [3.8, 4) is 40.1 Å². The van der Waals surface area contributed by atoms with Gasteiger partial charge in [-0.3, -0.25) is 19.2 Å². The van der Waals surface area contributed by atoms with E-state index in [2.05, 4.69) is 0 Å². The second-order valence-electron chi connectivity index (χ2n) is 10.8. The zero-order chi connectivity index (χ0) is 34.1. The highest BCUT2D eigenvalue weighted by atomic mass is 16.7. The number of ether oxygens (including phenoxy) is 4. The zero-order valence-electron chi connectivity index (χ0n) is 24.1. The number of aliphatic carboxylic acids is 1. The molecule has 0 spiro atoms. The predicted molar refractivity (Wildman–Crippen MR) is 150 cm³/mol. The zero-order valence-corrected chi connectivity index (χ0v) is 24.1. The van der Waals surface area contributed by atoms with Gasteiger partial charge in [0.05, 0.1) is 18.4 Å². The molecule has 46 heavy (non-hydrogen) atoms. The first kappa shape index (κ1) is 33.8. The van der Waals surface area contributed by atoms with Gasteiger partial charge in [-0.25, -0.2) is 0 Å². The number of carbonyl (C=O) groups is 3. The number of rotatable bonds is 10.